The van der Waals surface area contributed by atoms with Gasteiger partial charge in [-0.1, -0.05) is 51.5 Å². The molecule has 0 aromatic heterocycles. The molecule has 0 N–H and O–H groups in total. The van der Waals surface area contributed by atoms with Crippen LogP contribution in [-0.2, 0) is 11.8 Å². The van der Waals surface area contributed by atoms with Gasteiger partial charge in [0.15, 0.2) is 0 Å². The largest absolute Gasteiger partial charge is 0.198 e. The van der Waals surface area contributed by atoms with Crippen LogP contribution in [0.3, 0.4) is 0 Å². The molecule has 0 amide bonds. The molecule has 1 aromatic carbocycles. The molecule has 20 heavy (non-hydrogen) atoms. The van der Waals surface area contributed by atoms with E-state index in [2.05, 4.69) is 51.1 Å². The van der Waals surface area contributed by atoms with Gasteiger partial charge >= 0.3 is 0 Å². The van der Waals surface area contributed by atoms with E-state index in [9.17, 15) is 5.26 Å². The summed E-state index contributed by atoms with van der Waals surface area (Å²) >= 11 is 0. The number of fused-ring (bicyclic) bond motifs is 2. The van der Waals surface area contributed by atoms with Crippen molar-refractivity contribution < 1.29 is 0 Å². The third-order valence-electron chi connectivity index (χ3n) is 5.54. The summed E-state index contributed by atoms with van der Waals surface area (Å²) in [6, 6.07) is 11.7. The van der Waals surface area contributed by atoms with Crippen LogP contribution in [0.15, 0.2) is 24.3 Å². The van der Waals surface area contributed by atoms with Crippen molar-refractivity contribution in [2.24, 2.45) is 17.3 Å². The van der Waals surface area contributed by atoms with Gasteiger partial charge in [0.2, 0.25) is 0 Å². The quantitative estimate of drug-likeness (QED) is 0.751. The van der Waals surface area contributed by atoms with Crippen LogP contribution in [0.5, 0.6) is 0 Å². The van der Waals surface area contributed by atoms with Gasteiger partial charge in [-0.2, -0.15) is 5.26 Å². The van der Waals surface area contributed by atoms with Crippen LogP contribution >= 0.6 is 0 Å². The molecule has 2 aliphatic rings. The van der Waals surface area contributed by atoms with Gasteiger partial charge in [-0.3, -0.25) is 0 Å². The van der Waals surface area contributed by atoms with Crippen molar-refractivity contribution in [1.82, 2.24) is 0 Å². The Morgan fingerprint density at radius 2 is 1.90 bits per heavy atom. The molecule has 3 rings (SSSR count). The molecule has 0 spiro atoms. The van der Waals surface area contributed by atoms with E-state index in [1.165, 1.54) is 30.4 Å². The monoisotopic (exact) mass is 267 g/mol. The van der Waals surface area contributed by atoms with Crippen molar-refractivity contribution in [3.05, 3.63) is 35.4 Å². The lowest BCUT2D eigenvalue weighted by atomic mass is 9.70. The van der Waals surface area contributed by atoms with Crippen LogP contribution in [0.2, 0.25) is 0 Å². The molecule has 3 atom stereocenters. The summed E-state index contributed by atoms with van der Waals surface area (Å²) in [5.41, 5.74) is 2.86. The first-order valence-corrected chi connectivity index (χ1v) is 7.94. The van der Waals surface area contributed by atoms with Crippen molar-refractivity contribution in [2.45, 2.75) is 58.3 Å². The Hall–Kier alpha value is -1.29. The summed E-state index contributed by atoms with van der Waals surface area (Å²) in [5, 5.41) is 9.73. The number of hydrogen-bond acceptors (Lipinski definition) is 1. The van der Waals surface area contributed by atoms with E-state index in [0.717, 1.165) is 18.8 Å². The molecular weight excluding hydrogens is 242 g/mol. The maximum absolute atomic E-state index is 9.73. The van der Waals surface area contributed by atoms with Gasteiger partial charge in [0.25, 0.3) is 0 Å². The van der Waals surface area contributed by atoms with Crippen LogP contribution in [0.4, 0.5) is 0 Å². The lowest BCUT2D eigenvalue weighted by Crippen LogP contribution is -2.28. The smallest absolute Gasteiger partial charge is 0.0696 e. The second-order valence-electron chi connectivity index (χ2n) is 7.97. The molecule has 0 radical (unpaired) electrons. The van der Waals surface area contributed by atoms with Crippen molar-refractivity contribution in [3.8, 4) is 6.07 Å². The van der Waals surface area contributed by atoms with Crippen molar-refractivity contribution in [3.63, 3.8) is 0 Å². The second-order valence-corrected chi connectivity index (χ2v) is 7.97. The Labute approximate surface area is 123 Å². The predicted molar refractivity (Wildman–Crippen MR) is 82.3 cm³/mol. The molecule has 2 aliphatic carbocycles. The minimum absolute atomic E-state index is 0.0633. The molecule has 2 fully saturated rings. The van der Waals surface area contributed by atoms with Gasteiger partial charge in [0.1, 0.15) is 0 Å². The molecule has 0 saturated heterocycles. The molecule has 0 heterocycles. The Morgan fingerprint density at radius 1 is 1.20 bits per heavy atom. The van der Waals surface area contributed by atoms with Crippen molar-refractivity contribution in [1.29, 1.82) is 5.26 Å². The van der Waals surface area contributed by atoms with Gasteiger partial charge in [-0.25, -0.2) is 0 Å². The summed E-state index contributed by atoms with van der Waals surface area (Å²) in [4.78, 5) is 0. The highest BCUT2D eigenvalue weighted by Crippen LogP contribution is 2.57. The first kappa shape index (κ1) is 13.7. The fraction of sp³-hybridized carbons (Fsp3) is 0.632. The van der Waals surface area contributed by atoms with E-state index in [4.69, 9.17) is 0 Å². The molecule has 0 aliphatic heterocycles. The zero-order valence-corrected chi connectivity index (χ0v) is 12.9. The highest BCUT2D eigenvalue weighted by Gasteiger charge is 2.51. The van der Waals surface area contributed by atoms with Gasteiger partial charge in [-0.15, -0.1) is 0 Å². The Morgan fingerprint density at radius 3 is 2.35 bits per heavy atom. The number of rotatable bonds is 2. The van der Waals surface area contributed by atoms with Crippen LogP contribution in [0.25, 0.3) is 0 Å². The highest BCUT2D eigenvalue weighted by atomic mass is 14.6. The molecule has 2 saturated carbocycles. The average Bonchev–Trinajstić information content (AvgIpc) is 2.99. The number of benzene rings is 1. The van der Waals surface area contributed by atoms with Gasteiger partial charge in [0, 0.05) is 0 Å². The van der Waals surface area contributed by atoms with E-state index < -0.39 is 0 Å². The van der Waals surface area contributed by atoms with Gasteiger partial charge in [-0.05, 0) is 54.1 Å². The van der Waals surface area contributed by atoms with E-state index >= 15 is 0 Å². The highest BCUT2D eigenvalue weighted by molar-refractivity contribution is 5.30. The minimum Gasteiger partial charge on any atom is -0.198 e. The zero-order chi connectivity index (χ0) is 14.4. The topological polar surface area (TPSA) is 23.8 Å². The van der Waals surface area contributed by atoms with Crippen molar-refractivity contribution in [2.75, 3.05) is 0 Å². The molecule has 1 aromatic rings. The average molecular weight is 267 g/mol. The molecule has 1 heteroatoms. The maximum atomic E-state index is 9.73. The number of nitriles is 1. The van der Waals surface area contributed by atoms with E-state index in [-0.39, 0.29) is 10.8 Å². The fourth-order valence-corrected chi connectivity index (χ4v) is 4.32. The number of nitrogens with zero attached hydrogens (tertiary/aromatic N) is 1. The summed E-state index contributed by atoms with van der Waals surface area (Å²) < 4.78 is 0. The molecule has 1 nitrogen and oxygen atoms in total. The Balaban J connectivity index is 1.79. The van der Waals surface area contributed by atoms with Gasteiger partial charge < -0.3 is 0 Å². The van der Waals surface area contributed by atoms with Crippen molar-refractivity contribution >= 4 is 0 Å². The van der Waals surface area contributed by atoms with Gasteiger partial charge in [0.05, 0.1) is 11.5 Å². The van der Waals surface area contributed by atoms with E-state index in [1.54, 1.807) is 0 Å². The Kier molecular flexibility index (Phi) is 3.16. The zero-order valence-electron chi connectivity index (χ0n) is 12.9. The molecular formula is C19H25N. The summed E-state index contributed by atoms with van der Waals surface area (Å²) in [7, 11) is 0. The lowest BCUT2D eigenvalue weighted by Gasteiger charge is -2.31. The SMILES string of the molecule is CC(C)(C)c1ccc(CC2(C#N)CC3CCC2C3)cc1. The third-order valence-corrected chi connectivity index (χ3v) is 5.54. The lowest BCUT2D eigenvalue weighted by molar-refractivity contribution is 0.239. The van der Waals surface area contributed by atoms with Crippen LogP contribution in [-0.4, -0.2) is 0 Å². The van der Waals surface area contributed by atoms with E-state index in [1.807, 2.05) is 0 Å². The molecule has 3 unspecified atom stereocenters. The Bertz CT molecular complexity index is 528. The number of hydrogen-bond donors (Lipinski definition) is 0. The third kappa shape index (κ3) is 2.26. The first-order valence-electron chi connectivity index (χ1n) is 7.94. The minimum atomic E-state index is -0.0633. The summed E-state index contributed by atoms with van der Waals surface area (Å²) in [6.45, 7) is 6.73. The van der Waals surface area contributed by atoms with Crippen LogP contribution < -0.4 is 0 Å². The molecule has 2 bridgehead atoms. The standard InChI is InChI=1S/C19H25N/c1-18(2,3)16-7-4-14(5-8-16)11-19(13-20)12-15-6-9-17(19)10-15/h4-5,7-8,15,17H,6,9-12H2,1-3H3. The summed E-state index contributed by atoms with van der Waals surface area (Å²) in [6.07, 6.45) is 6.02. The maximum Gasteiger partial charge on any atom is 0.0696 e. The predicted octanol–water partition coefficient (Wildman–Crippen LogP) is 4.86. The normalized spacial score (nSPS) is 32.3. The fourth-order valence-electron chi connectivity index (χ4n) is 4.32. The van der Waals surface area contributed by atoms with Crippen LogP contribution in [0.1, 0.15) is 57.6 Å². The summed E-state index contributed by atoms with van der Waals surface area (Å²) in [5.74, 6) is 1.48. The molecule has 106 valence electrons. The second kappa shape index (κ2) is 4.62. The first-order chi connectivity index (χ1) is 9.43. The van der Waals surface area contributed by atoms with Crippen LogP contribution in [0, 0.1) is 28.6 Å². The van der Waals surface area contributed by atoms with E-state index in [0.29, 0.717) is 5.92 Å².